The Morgan fingerprint density at radius 3 is 1.87 bits per heavy atom. The van der Waals surface area contributed by atoms with E-state index in [1.165, 1.54) is 26.9 Å². The first kappa shape index (κ1) is 25.5. The van der Waals surface area contributed by atoms with Crippen LogP contribution in [0.1, 0.15) is 71.8 Å². The Bertz CT molecular complexity index is 936. The van der Waals surface area contributed by atoms with Crippen LogP contribution in [0, 0.1) is 13.8 Å². The summed E-state index contributed by atoms with van der Waals surface area (Å²) in [5.74, 6) is 0.832. The summed E-state index contributed by atoms with van der Waals surface area (Å²) in [6.45, 7) is 13.1. The Morgan fingerprint density at radius 2 is 1.43 bits per heavy atom. The van der Waals surface area contributed by atoms with Gasteiger partial charge in [-0.3, -0.25) is 0 Å². The molecule has 1 heterocycles. The summed E-state index contributed by atoms with van der Waals surface area (Å²) >= 11 is 7.72. The van der Waals surface area contributed by atoms with E-state index in [1.807, 2.05) is 6.07 Å². The van der Waals surface area contributed by atoms with Gasteiger partial charge in [-0.15, -0.1) is 11.3 Å². The van der Waals surface area contributed by atoms with Gasteiger partial charge in [0.05, 0.1) is 11.4 Å². The van der Waals surface area contributed by atoms with E-state index in [0.717, 1.165) is 27.7 Å². The standard InChI is InChI=1S/C24H28N2S.2BrH.Ni/c1-15(2)20-13-10-14-21(16(3)4)23(20)26-22(19-11-8-7-9-12-19)24-25-17(5)18(6)27-24;;;/h7-16H,1-6H3;2*1H;/q;;;+2/p-2. The molecule has 0 saturated heterocycles. The van der Waals surface area contributed by atoms with E-state index in [9.17, 15) is 0 Å². The van der Waals surface area contributed by atoms with Crippen molar-refractivity contribution in [3.63, 3.8) is 0 Å². The fourth-order valence-corrected chi connectivity index (χ4v) is 4.08. The quantitative estimate of drug-likeness (QED) is 0.214. The van der Waals surface area contributed by atoms with Gasteiger partial charge >= 0.3 is 39.3 Å². The third-order valence-electron chi connectivity index (χ3n) is 4.84. The van der Waals surface area contributed by atoms with Crippen molar-refractivity contribution >= 4 is 51.2 Å². The van der Waals surface area contributed by atoms with Gasteiger partial charge in [0.1, 0.15) is 10.7 Å². The molecule has 1 aromatic heterocycles. The molecule has 2 aromatic carbocycles. The van der Waals surface area contributed by atoms with E-state index in [4.69, 9.17) is 9.98 Å². The molecular formula is C24H28Br2N2NiS. The van der Waals surface area contributed by atoms with Crippen molar-refractivity contribution in [2.24, 2.45) is 4.99 Å². The Labute approximate surface area is 205 Å². The van der Waals surface area contributed by atoms with Crippen LogP contribution < -0.4 is 0 Å². The van der Waals surface area contributed by atoms with Gasteiger partial charge in [-0.1, -0.05) is 76.2 Å². The minimum atomic E-state index is 0.416. The third kappa shape index (κ3) is 6.59. The molecule has 164 valence electrons. The van der Waals surface area contributed by atoms with Crippen LogP contribution >= 0.6 is 39.8 Å². The van der Waals surface area contributed by atoms with Crippen LogP contribution in [0.2, 0.25) is 0 Å². The topological polar surface area (TPSA) is 25.2 Å². The van der Waals surface area contributed by atoms with Crippen LogP contribution in [0.25, 0.3) is 0 Å². The molecule has 3 rings (SSSR count). The molecule has 0 radical (unpaired) electrons. The second-order valence-electron chi connectivity index (χ2n) is 7.63. The molecule has 0 bridgehead atoms. The van der Waals surface area contributed by atoms with Gasteiger partial charge in [-0.05, 0) is 36.8 Å². The minimum absolute atomic E-state index is 0.416. The molecule has 30 heavy (non-hydrogen) atoms. The molecule has 3 aromatic rings. The fourth-order valence-electron chi connectivity index (χ4n) is 3.16. The van der Waals surface area contributed by atoms with Gasteiger partial charge in [-0.25, -0.2) is 9.98 Å². The first-order chi connectivity index (χ1) is 14.3. The maximum absolute atomic E-state index is 5.26. The third-order valence-corrected chi connectivity index (χ3v) is 5.92. The van der Waals surface area contributed by atoms with Gasteiger partial charge in [-0.2, -0.15) is 0 Å². The normalized spacial score (nSPS) is 11.7. The maximum atomic E-state index is 5.26. The fraction of sp³-hybridized carbons (Fsp3) is 0.333. The summed E-state index contributed by atoms with van der Waals surface area (Å²) in [5, 5.41) is 0.990. The molecule has 0 aliphatic rings. The van der Waals surface area contributed by atoms with Crippen molar-refractivity contribution in [2.45, 2.75) is 53.4 Å². The van der Waals surface area contributed by atoms with Crippen molar-refractivity contribution in [3.05, 3.63) is 80.8 Å². The number of para-hydroxylation sites is 1. The first-order valence-corrected chi connectivity index (χ1v) is 15.5. The zero-order valence-corrected chi connectivity index (χ0v) is 23.1. The molecule has 2 nitrogen and oxygen atoms in total. The summed E-state index contributed by atoms with van der Waals surface area (Å²) in [6, 6.07) is 17.0. The summed E-state index contributed by atoms with van der Waals surface area (Å²) in [7, 11) is 1.25. The van der Waals surface area contributed by atoms with Crippen LogP contribution in [0.5, 0.6) is 0 Å². The Morgan fingerprint density at radius 1 is 0.900 bits per heavy atom. The number of nitrogens with zero attached hydrogens (tertiary/aromatic N) is 2. The number of aromatic nitrogens is 1. The number of benzene rings is 2. The monoisotopic (exact) mass is 592 g/mol. The Balaban J connectivity index is 0.00000101. The molecule has 0 atom stereocenters. The molecular weight excluding hydrogens is 567 g/mol. The van der Waals surface area contributed by atoms with Gasteiger partial charge in [0, 0.05) is 10.4 Å². The van der Waals surface area contributed by atoms with Crippen molar-refractivity contribution in [1.82, 2.24) is 4.98 Å². The molecule has 0 aliphatic carbocycles. The summed E-state index contributed by atoms with van der Waals surface area (Å²) in [6.07, 6.45) is 0. The Hall–Kier alpha value is -0.806. The van der Waals surface area contributed by atoms with Crippen molar-refractivity contribution in [2.75, 3.05) is 0 Å². The van der Waals surface area contributed by atoms with E-state index in [0.29, 0.717) is 11.8 Å². The summed E-state index contributed by atoms with van der Waals surface area (Å²) in [5.41, 5.74) is 6.84. The van der Waals surface area contributed by atoms with Crippen molar-refractivity contribution < 1.29 is 10.9 Å². The second-order valence-corrected chi connectivity index (χ2v) is 13.8. The number of thiazole rings is 1. The predicted molar refractivity (Wildman–Crippen MR) is 136 cm³/mol. The van der Waals surface area contributed by atoms with Crippen LogP contribution in [-0.4, -0.2) is 10.7 Å². The molecule has 0 aliphatic heterocycles. The Kier molecular flexibility index (Phi) is 10.4. The SMILES string of the molecule is Cc1nc(C(=Nc2c(C(C)C)cccc2C(C)C)c2ccccc2)sc1C.[Br][Ni][Br]. The number of hydrogen-bond donors (Lipinski definition) is 0. The molecule has 6 heteroatoms. The molecule has 0 spiro atoms. The van der Waals surface area contributed by atoms with E-state index >= 15 is 0 Å². The number of hydrogen-bond acceptors (Lipinski definition) is 3. The van der Waals surface area contributed by atoms with Crippen molar-refractivity contribution in [3.8, 4) is 0 Å². The molecule has 0 N–H and O–H groups in total. The summed E-state index contributed by atoms with van der Waals surface area (Å²) in [4.78, 5) is 11.3. The second kappa shape index (κ2) is 12.3. The number of halogens is 2. The van der Waals surface area contributed by atoms with Crippen LogP contribution in [-0.2, 0) is 10.9 Å². The van der Waals surface area contributed by atoms with Crippen molar-refractivity contribution in [1.29, 1.82) is 0 Å². The van der Waals surface area contributed by atoms with Gasteiger partial charge < -0.3 is 0 Å². The van der Waals surface area contributed by atoms with Crippen LogP contribution in [0.4, 0.5) is 5.69 Å². The molecule has 0 amide bonds. The number of aryl methyl sites for hydroxylation is 2. The van der Waals surface area contributed by atoms with E-state index in [-0.39, 0.29) is 0 Å². The number of aliphatic imine (C=N–C) groups is 1. The average molecular weight is 595 g/mol. The zero-order chi connectivity index (χ0) is 22.3. The van der Waals surface area contributed by atoms with Gasteiger partial charge in [0.15, 0.2) is 0 Å². The first-order valence-electron chi connectivity index (χ1n) is 9.83. The predicted octanol–water partition coefficient (Wildman–Crippen LogP) is 8.86. The van der Waals surface area contributed by atoms with Gasteiger partial charge in [0.25, 0.3) is 0 Å². The van der Waals surface area contributed by atoms with Crippen LogP contribution in [0.3, 0.4) is 0 Å². The average Bonchev–Trinajstić information content (AvgIpc) is 3.05. The molecule has 0 saturated carbocycles. The zero-order valence-electron chi connectivity index (χ0n) is 18.1. The molecule has 0 unspecified atom stereocenters. The van der Waals surface area contributed by atoms with Gasteiger partial charge in [0.2, 0.25) is 0 Å². The molecule has 0 fully saturated rings. The van der Waals surface area contributed by atoms with E-state index in [2.05, 4.69) is 112 Å². The van der Waals surface area contributed by atoms with E-state index in [1.54, 1.807) is 11.3 Å². The summed E-state index contributed by atoms with van der Waals surface area (Å²) < 4.78 is 0. The van der Waals surface area contributed by atoms with E-state index < -0.39 is 0 Å². The van der Waals surface area contributed by atoms with Crippen LogP contribution in [0.15, 0.2) is 53.5 Å². The number of rotatable bonds is 5.